The zero-order chi connectivity index (χ0) is 20.8. The Morgan fingerprint density at radius 3 is 2.43 bits per heavy atom. The van der Waals surface area contributed by atoms with E-state index in [1.165, 1.54) is 11.3 Å². The normalized spacial score (nSPS) is 10.4. The number of nitrogens with one attached hydrogen (secondary N) is 1. The van der Waals surface area contributed by atoms with Crippen molar-refractivity contribution in [2.24, 2.45) is 0 Å². The molecule has 4 aromatic rings. The smallest absolute Gasteiger partial charge is 0.255 e. The van der Waals surface area contributed by atoms with Gasteiger partial charge in [-0.1, -0.05) is 35.9 Å². The molecule has 0 saturated carbocycles. The minimum absolute atomic E-state index is 0.253. The molecular weight excluding hydrogens is 420 g/mol. The van der Waals surface area contributed by atoms with Crippen molar-refractivity contribution in [1.29, 1.82) is 0 Å². The number of nitrogens with zero attached hydrogens (tertiary/aromatic N) is 1. The zero-order valence-corrected chi connectivity index (χ0v) is 17.3. The van der Waals surface area contributed by atoms with Gasteiger partial charge in [-0.2, -0.15) is 0 Å². The number of ether oxygens (including phenoxy) is 2. The molecule has 0 saturated heterocycles. The van der Waals surface area contributed by atoms with E-state index in [0.717, 1.165) is 5.69 Å². The van der Waals surface area contributed by atoms with Gasteiger partial charge < -0.3 is 14.8 Å². The van der Waals surface area contributed by atoms with Crippen molar-refractivity contribution in [1.82, 2.24) is 4.98 Å². The van der Waals surface area contributed by atoms with Crippen LogP contribution in [0.4, 0.5) is 5.69 Å². The SMILES string of the molecule is O=C(Nc1ccccc1Oc1ccccc1Cl)c1ccc(OCc2cscn2)cc1. The number of anilines is 1. The Hall–Kier alpha value is -3.35. The van der Waals surface area contributed by atoms with Gasteiger partial charge in [0.25, 0.3) is 5.91 Å². The molecule has 1 N–H and O–H groups in total. The fourth-order valence-corrected chi connectivity index (χ4v) is 3.39. The van der Waals surface area contributed by atoms with Gasteiger partial charge in [-0.3, -0.25) is 4.79 Å². The molecule has 1 aromatic heterocycles. The van der Waals surface area contributed by atoms with Crippen LogP contribution in [-0.2, 0) is 6.61 Å². The van der Waals surface area contributed by atoms with E-state index in [4.69, 9.17) is 21.1 Å². The molecule has 0 atom stereocenters. The van der Waals surface area contributed by atoms with Gasteiger partial charge in [0, 0.05) is 10.9 Å². The monoisotopic (exact) mass is 436 g/mol. The number of benzene rings is 3. The number of hydrogen-bond donors (Lipinski definition) is 1. The Morgan fingerprint density at radius 2 is 1.70 bits per heavy atom. The number of para-hydroxylation sites is 3. The number of thiazole rings is 1. The largest absolute Gasteiger partial charge is 0.487 e. The quantitative estimate of drug-likeness (QED) is 0.363. The molecule has 0 aliphatic carbocycles. The second-order valence-electron chi connectivity index (χ2n) is 6.28. The lowest BCUT2D eigenvalue weighted by molar-refractivity contribution is 0.102. The molecule has 30 heavy (non-hydrogen) atoms. The average molecular weight is 437 g/mol. The van der Waals surface area contributed by atoms with E-state index in [2.05, 4.69) is 10.3 Å². The maximum Gasteiger partial charge on any atom is 0.255 e. The standard InChI is InChI=1S/C23H17ClN2O3S/c24-19-5-1-3-7-21(19)29-22-8-4-2-6-20(22)26-23(27)16-9-11-18(12-10-16)28-13-17-14-30-15-25-17/h1-12,14-15H,13H2,(H,26,27). The molecule has 5 nitrogen and oxygen atoms in total. The number of halogens is 1. The van der Waals surface area contributed by atoms with Crippen molar-refractivity contribution < 1.29 is 14.3 Å². The lowest BCUT2D eigenvalue weighted by Gasteiger charge is -2.13. The van der Waals surface area contributed by atoms with Crippen molar-refractivity contribution in [2.45, 2.75) is 6.61 Å². The first kappa shape index (κ1) is 19.9. The van der Waals surface area contributed by atoms with Crippen LogP contribution >= 0.6 is 22.9 Å². The van der Waals surface area contributed by atoms with E-state index >= 15 is 0 Å². The molecule has 0 bridgehead atoms. The van der Waals surface area contributed by atoms with Crippen LogP contribution in [0.25, 0.3) is 0 Å². The number of aromatic nitrogens is 1. The Balaban J connectivity index is 1.43. The summed E-state index contributed by atoms with van der Waals surface area (Å²) >= 11 is 7.70. The lowest BCUT2D eigenvalue weighted by Crippen LogP contribution is -2.12. The Morgan fingerprint density at radius 1 is 0.967 bits per heavy atom. The van der Waals surface area contributed by atoms with Crippen molar-refractivity contribution >= 4 is 34.5 Å². The van der Waals surface area contributed by atoms with Crippen molar-refractivity contribution in [2.75, 3.05) is 5.32 Å². The van der Waals surface area contributed by atoms with Gasteiger partial charge in [-0.15, -0.1) is 11.3 Å². The number of rotatable bonds is 7. The summed E-state index contributed by atoms with van der Waals surface area (Å²) in [5.41, 5.74) is 3.69. The molecule has 150 valence electrons. The van der Waals surface area contributed by atoms with Crippen LogP contribution in [0.15, 0.2) is 83.7 Å². The summed E-state index contributed by atoms with van der Waals surface area (Å²) in [7, 11) is 0. The van der Waals surface area contributed by atoms with Gasteiger partial charge in [0.15, 0.2) is 5.75 Å². The second-order valence-corrected chi connectivity index (χ2v) is 7.40. The van der Waals surface area contributed by atoms with Crippen LogP contribution in [0.3, 0.4) is 0 Å². The third-order valence-corrected chi connectivity index (χ3v) is 5.13. The number of carbonyl (C=O) groups is 1. The van der Waals surface area contributed by atoms with Crippen LogP contribution in [0.2, 0.25) is 5.02 Å². The second kappa shape index (κ2) is 9.43. The molecule has 4 rings (SSSR count). The summed E-state index contributed by atoms with van der Waals surface area (Å²) < 4.78 is 11.6. The lowest BCUT2D eigenvalue weighted by atomic mass is 10.2. The van der Waals surface area contributed by atoms with E-state index in [1.54, 1.807) is 54.0 Å². The maximum atomic E-state index is 12.7. The number of carbonyl (C=O) groups excluding carboxylic acids is 1. The van der Waals surface area contributed by atoms with Crippen LogP contribution in [0.1, 0.15) is 16.1 Å². The van der Waals surface area contributed by atoms with E-state index < -0.39 is 0 Å². The Bertz CT molecular complexity index is 1130. The first-order valence-corrected chi connectivity index (χ1v) is 10.4. The molecule has 0 spiro atoms. The topological polar surface area (TPSA) is 60.5 Å². The highest BCUT2D eigenvalue weighted by Gasteiger charge is 2.12. The summed E-state index contributed by atoms with van der Waals surface area (Å²) in [6.07, 6.45) is 0. The Labute approximate surface area is 182 Å². The summed E-state index contributed by atoms with van der Waals surface area (Å²) in [4.78, 5) is 16.9. The summed E-state index contributed by atoms with van der Waals surface area (Å²) in [6, 6.07) is 21.3. The number of amides is 1. The van der Waals surface area contributed by atoms with Crippen LogP contribution in [0.5, 0.6) is 17.2 Å². The molecule has 0 radical (unpaired) electrons. The van der Waals surface area contributed by atoms with E-state index in [-0.39, 0.29) is 5.91 Å². The molecule has 0 aliphatic heterocycles. The van der Waals surface area contributed by atoms with Crippen LogP contribution < -0.4 is 14.8 Å². The van der Waals surface area contributed by atoms with E-state index in [9.17, 15) is 4.79 Å². The van der Waals surface area contributed by atoms with Gasteiger partial charge in [0.1, 0.15) is 18.1 Å². The molecule has 3 aromatic carbocycles. The first-order chi connectivity index (χ1) is 14.7. The highest BCUT2D eigenvalue weighted by Crippen LogP contribution is 2.33. The highest BCUT2D eigenvalue weighted by molar-refractivity contribution is 7.07. The zero-order valence-electron chi connectivity index (χ0n) is 15.7. The Kier molecular flexibility index (Phi) is 6.27. The van der Waals surface area contributed by atoms with Gasteiger partial charge in [0.05, 0.1) is 21.9 Å². The summed E-state index contributed by atoms with van der Waals surface area (Å²) in [5, 5.41) is 5.31. The van der Waals surface area contributed by atoms with Crippen LogP contribution in [0, 0.1) is 0 Å². The molecule has 7 heteroatoms. The summed E-state index contributed by atoms with van der Waals surface area (Å²) in [6.45, 7) is 0.391. The third-order valence-electron chi connectivity index (χ3n) is 4.18. The predicted molar refractivity (Wildman–Crippen MR) is 119 cm³/mol. The minimum atomic E-state index is -0.253. The molecular formula is C23H17ClN2O3S. The maximum absolute atomic E-state index is 12.7. The fourth-order valence-electron chi connectivity index (χ4n) is 2.67. The first-order valence-electron chi connectivity index (χ1n) is 9.12. The van der Waals surface area contributed by atoms with Gasteiger partial charge in [0.2, 0.25) is 0 Å². The number of hydrogen-bond acceptors (Lipinski definition) is 5. The van der Waals surface area contributed by atoms with Gasteiger partial charge in [-0.25, -0.2) is 4.98 Å². The van der Waals surface area contributed by atoms with Crippen LogP contribution in [-0.4, -0.2) is 10.9 Å². The molecule has 0 aliphatic rings. The molecule has 1 amide bonds. The highest BCUT2D eigenvalue weighted by atomic mass is 35.5. The van der Waals surface area contributed by atoms with Crippen molar-refractivity contribution in [3.05, 3.63) is 100.0 Å². The summed E-state index contributed by atoms with van der Waals surface area (Å²) in [5.74, 6) is 1.43. The third kappa shape index (κ3) is 4.97. The predicted octanol–water partition coefficient (Wildman–Crippen LogP) is 6.42. The van der Waals surface area contributed by atoms with E-state index in [0.29, 0.717) is 40.1 Å². The van der Waals surface area contributed by atoms with Gasteiger partial charge >= 0.3 is 0 Å². The van der Waals surface area contributed by atoms with Crippen molar-refractivity contribution in [3.8, 4) is 17.2 Å². The average Bonchev–Trinajstić information content (AvgIpc) is 3.29. The molecule has 1 heterocycles. The molecule has 0 unspecified atom stereocenters. The van der Waals surface area contributed by atoms with Crippen molar-refractivity contribution in [3.63, 3.8) is 0 Å². The minimum Gasteiger partial charge on any atom is -0.487 e. The molecule has 0 fully saturated rings. The van der Waals surface area contributed by atoms with Gasteiger partial charge in [-0.05, 0) is 48.5 Å². The van der Waals surface area contributed by atoms with E-state index in [1.807, 2.05) is 29.6 Å². The fraction of sp³-hybridized carbons (Fsp3) is 0.0435.